The lowest BCUT2D eigenvalue weighted by atomic mass is 9.99. The second-order valence-electron chi connectivity index (χ2n) is 11.7. The molecule has 3 heteroatoms. The highest BCUT2D eigenvalue weighted by atomic mass is 16.4. The number of rotatable bonds is 31. The van der Waals surface area contributed by atoms with E-state index >= 15 is 0 Å². The summed E-state index contributed by atoms with van der Waals surface area (Å²) in [4.78, 5) is 10.5. The third kappa shape index (κ3) is 31.5. The van der Waals surface area contributed by atoms with E-state index in [1.54, 1.807) is 0 Å². The molecule has 0 aliphatic heterocycles. The summed E-state index contributed by atoms with van der Waals surface area (Å²) >= 11 is 0. The molecule has 0 aliphatic rings. The Balaban J connectivity index is 3.05. The molecule has 0 aliphatic carbocycles. The molecule has 0 aromatic heterocycles. The van der Waals surface area contributed by atoms with Crippen molar-refractivity contribution in [2.75, 3.05) is 6.61 Å². The molecule has 0 rings (SSSR count). The van der Waals surface area contributed by atoms with Crippen molar-refractivity contribution < 1.29 is 15.0 Å². The van der Waals surface area contributed by atoms with Gasteiger partial charge in [-0.2, -0.15) is 0 Å². The molecule has 2 N–H and O–H groups in total. The molecule has 36 heavy (non-hydrogen) atoms. The minimum atomic E-state index is -0.652. The van der Waals surface area contributed by atoms with Gasteiger partial charge in [0.2, 0.25) is 0 Å². The molecular weight excluding hydrogens is 444 g/mol. The van der Waals surface area contributed by atoms with Crippen LogP contribution in [0.2, 0.25) is 0 Å². The van der Waals surface area contributed by atoms with Crippen LogP contribution in [0.25, 0.3) is 0 Å². The van der Waals surface area contributed by atoms with Gasteiger partial charge in [0.15, 0.2) is 0 Å². The molecular formula is C33H66O3. The Morgan fingerprint density at radius 2 is 0.694 bits per heavy atom. The van der Waals surface area contributed by atoms with Crippen molar-refractivity contribution in [2.24, 2.45) is 5.92 Å². The van der Waals surface area contributed by atoms with Crippen molar-refractivity contribution >= 4 is 5.97 Å². The predicted molar refractivity (Wildman–Crippen MR) is 158 cm³/mol. The lowest BCUT2D eigenvalue weighted by Gasteiger charge is -2.08. The van der Waals surface area contributed by atoms with Crippen LogP contribution < -0.4 is 0 Å². The van der Waals surface area contributed by atoms with Crippen molar-refractivity contribution in [3.05, 3.63) is 0 Å². The van der Waals surface area contributed by atoms with Crippen molar-refractivity contribution in [3.8, 4) is 0 Å². The van der Waals surface area contributed by atoms with Gasteiger partial charge in [0.05, 0.1) is 0 Å². The molecule has 0 fully saturated rings. The third-order valence-corrected chi connectivity index (χ3v) is 7.96. The van der Waals surface area contributed by atoms with Crippen molar-refractivity contribution in [3.63, 3.8) is 0 Å². The first-order chi connectivity index (χ1) is 17.7. The third-order valence-electron chi connectivity index (χ3n) is 7.96. The molecule has 1 unspecified atom stereocenters. The van der Waals surface area contributed by atoms with Gasteiger partial charge >= 0.3 is 5.97 Å². The predicted octanol–water partition coefficient (Wildman–Crippen LogP) is 11.0. The number of carboxylic acid groups (broad SMARTS) is 1. The van der Waals surface area contributed by atoms with E-state index in [9.17, 15) is 4.79 Å². The number of hydrogen-bond acceptors (Lipinski definition) is 2. The van der Waals surface area contributed by atoms with E-state index in [1.165, 1.54) is 161 Å². The van der Waals surface area contributed by atoms with Crippen LogP contribution in [0.4, 0.5) is 0 Å². The van der Waals surface area contributed by atoms with E-state index in [0.29, 0.717) is 18.9 Å². The SMILES string of the molecule is CC(CCO)CCCCCCCCCCCCCCCCCCCCCCCCCCCCC(=O)O. The van der Waals surface area contributed by atoms with E-state index in [4.69, 9.17) is 10.2 Å². The van der Waals surface area contributed by atoms with E-state index < -0.39 is 5.97 Å². The van der Waals surface area contributed by atoms with Crippen LogP contribution >= 0.6 is 0 Å². The number of aliphatic hydroxyl groups is 1. The summed E-state index contributed by atoms with van der Waals surface area (Å²) in [6.07, 6.45) is 38.3. The summed E-state index contributed by atoms with van der Waals surface area (Å²) in [5.74, 6) is 0.0501. The molecule has 0 bridgehead atoms. The summed E-state index contributed by atoms with van der Waals surface area (Å²) in [5.41, 5.74) is 0. The second-order valence-corrected chi connectivity index (χ2v) is 11.7. The smallest absolute Gasteiger partial charge is 0.303 e. The van der Waals surface area contributed by atoms with Crippen molar-refractivity contribution in [2.45, 2.75) is 193 Å². The van der Waals surface area contributed by atoms with Crippen LogP contribution in [-0.2, 0) is 4.79 Å². The average molecular weight is 511 g/mol. The van der Waals surface area contributed by atoms with Crippen LogP contribution in [0, 0.1) is 5.92 Å². The zero-order valence-electron chi connectivity index (χ0n) is 24.6. The molecule has 0 saturated carbocycles. The molecule has 0 amide bonds. The van der Waals surface area contributed by atoms with E-state index in [1.807, 2.05) is 0 Å². The summed E-state index contributed by atoms with van der Waals surface area (Å²) in [6.45, 7) is 2.62. The monoisotopic (exact) mass is 511 g/mol. The van der Waals surface area contributed by atoms with Gasteiger partial charge in [0, 0.05) is 13.0 Å². The van der Waals surface area contributed by atoms with Gasteiger partial charge in [-0.05, 0) is 18.8 Å². The maximum atomic E-state index is 10.5. The molecule has 1 atom stereocenters. The minimum absolute atomic E-state index is 0.342. The Kier molecular flexibility index (Phi) is 30.2. The van der Waals surface area contributed by atoms with Crippen LogP contribution in [-0.4, -0.2) is 22.8 Å². The molecule has 3 nitrogen and oxygen atoms in total. The zero-order valence-corrected chi connectivity index (χ0v) is 24.6. The molecule has 0 spiro atoms. The number of hydrogen-bond donors (Lipinski definition) is 2. The second kappa shape index (κ2) is 30.7. The maximum Gasteiger partial charge on any atom is 0.303 e. The lowest BCUT2D eigenvalue weighted by Crippen LogP contribution is -1.97. The molecule has 0 saturated heterocycles. The quantitative estimate of drug-likeness (QED) is 0.0911. The first kappa shape index (κ1) is 35.4. The number of aliphatic hydroxyl groups excluding tert-OH is 1. The normalized spacial score (nSPS) is 12.3. The van der Waals surface area contributed by atoms with Crippen LogP contribution in [0.1, 0.15) is 193 Å². The van der Waals surface area contributed by atoms with Gasteiger partial charge in [0.1, 0.15) is 0 Å². The Hall–Kier alpha value is -0.570. The number of aliphatic carboxylic acids is 1. The van der Waals surface area contributed by atoms with Crippen LogP contribution in [0.15, 0.2) is 0 Å². The summed E-state index contributed by atoms with van der Waals surface area (Å²) in [7, 11) is 0. The number of unbranched alkanes of at least 4 members (excludes halogenated alkanes) is 25. The molecule has 0 heterocycles. The largest absolute Gasteiger partial charge is 0.481 e. The topological polar surface area (TPSA) is 57.5 Å². The van der Waals surface area contributed by atoms with Crippen molar-refractivity contribution in [1.82, 2.24) is 0 Å². The highest BCUT2D eigenvalue weighted by Gasteiger charge is 2.01. The Bertz CT molecular complexity index is 423. The average Bonchev–Trinajstić information content (AvgIpc) is 2.85. The zero-order chi connectivity index (χ0) is 26.4. The molecule has 0 aromatic carbocycles. The summed E-state index contributed by atoms with van der Waals surface area (Å²) in [5, 5.41) is 17.6. The molecule has 0 radical (unpaired) electrons. The van der Waals surface area contributed by atoms with E-state index in [-0.39, 0.29) is 0 Å². The number of carboxylic acids is 1. The summed E-state index contributed by atoms with van der Waals surface area (Å²) < 4.78 is 0. The van der Waals surface area contributed by atoms with Gasteiger partial charge in [-0.1, -0.05) is 174 Å². The Labute approximate surface area is 226 Å². The Morgan fingerprint density at radius 3 is 0.944 bits per heavy atom. The van der Waals surface area contributed by atoms with Gasteiger partial charge in [0.25, 0.3) is 0 Å². The van der Waals surface area contributed by atoms with Crippen molar-refractivity contribution in [1.29, 1.82) is 0 Å². The molecule has 0 aromatic rings. The van der Waals surface area contributed by atoms with Gasteiger partial charge < -0.3 is 10.2 Å². The summed E-state index contributed by atoms with van der Waals surface area (Å²) in [6, 6.07) is 0. The Morgan fingerprint density at radius 1 is 0.444 bits per heavy atom. The minimum Gasteiger partial charge on any atom is -0.481 e. The highest BCUT2D eigenvalue weighted by molar-refractivity contribution is 5.66. The lowest BCUT2D eigenvalue weighted by molar-refractivity contribution is -0.137. The van der Waals surface area contributed by atoms with Gasteiger partial charge in [-0.3, -0.25) is 4.79 Å². The number of carbonyl (C=O) groups is 1. The maximum absolute atomic E-state index is 10.5. The fourth-order valence-corrected chi connectivity index (χ4v) is 5.38. The standard InChI is InChI=1S/C33H66O3/c1-32(30-31-34)28-26-24-22-20-18-16-14-12-10-8-6-4-2-3-5-7-9-11-13-15-17-19-21-23-25-27-29-33(35)36/h32,34H,2-31H2,1H3,(H,35,36). The first-order valence-electron chi connectivity index (χ1n) is 16.5. The fourth-order valence-electron chi connectivity index (χ4n) is 5.38. The van der Waals surface area contributed by atoms with E-state index in [0.717, 1.165) is 19.3 Å². The van der Waals surface area contributed by atoms with E-state index in [2.05, 4.69) is 6.92 Å². The van der Waals surface area contributed by atoms with Gasteiger partial charge in [-0.25, -0.2) is 0 Å². The fraction of sp³-hybridized carbons (Fsp3) is 0.970. The first-order valence-corrected chi connectivity index (χ1v) is 16.5. The van der Waals surface area contributed by atoms with Gasteiger partial charge in [-0.15, -0.1) is 0 Å². The van der Waals surface area contributed by atoms with Crippen LogP contribution in [0.3, 0.4) is 0 Å². The van der Waals surface area contributed by atoms with Crippen LogP contribution in [0.5, 0.6) is 0 Å². The molecule has 216 valence electrons. The highest BCUT2D eigenvalue weighted by Crippen LogP contribution is 2.17.